The molecule has 0 saturated carbocycles. The second-order valence-electron chi connectivity index (χ2n) is 5.35. The zero-order chi connectivity index (χ0) is 18.4. The van der Waals surface area contributed by atoms with E-state index >= 15 is 0 Å². The van der Waals surface area contributed by atoms with Crippen LogP contribution < -0.4 is 9.73 Å². The number of rotatable bonds is 6. The lowest BCUT2D eigenvalue weighted by Gasteiger charge is -2.21. The van der Waals surface area contributed by atoms with Crippen LogP contribution in [0.3, 0.4) is 0 Å². The van der Waals surface area contributed by atoms with Gasteiger partial charge in [-0.25, -0.2) is 18.2 Å². The minimum atomic E-state index is -3.76. The molecule has 0 radical (unpaired) electrons. The van der Waals surface area contributed by atoms with E-state index < -0.39 is 28.3 Å². The summed E-state index contributed by atoms with van der Waals surface area (Å²) in [6.07, 6.45) is 0.948. The smallest absolute Gasteiger partial charge is 0.260 e. The summed E-state index contributed by atoms with van der Waals surface area (Å²) in [5.74, 6) is -1.23. The van der Waals surface area contributed by atoms with Crippen molar-refractivity contribution in [1.29, 1.82) is 0 Å². The molecule has 6 nitrogen and oxygen atoms in total. The summed E-state index contributed by atoms with van der Waals surface area (Å²) in [5, 5.41) is 3.96. The molecular formula is C17H18FN3O3S. The fourth-order valence-electron chi connectivity index (χ4n) is 2.09. The van der Waals surface area contributed by atoms with E-state index in [1.807, 2.05) is 30.3 Å². The predicted octanol–water partition coefficient (Wildman–Crippen LogP) is 2.13. The molecule has 1 N–H and O–H groups in total. The van der Waals surface area contributed by atoms with Crippen molar-refractivity contribution < 1.29 is 17.6 Å². The van der Waals surface area contributed by atoms with Crippen LogP contribution in [0.4, 0.5) is 10.1 Å². The van der Waals surface area contributed by atoms with Crippen LogP contribution in [0, 0.1) is 5.82 Å². The van der Waals surface area contributed by atoms with Crippen molar-refractivity contribution in [2.45, 2.75) is 6.92 Å². The van der Waals surface area contributed by atoms with Crippen molar-refractivity contribution in [1.82, 2.24) is 5.43 Å². The van der Waals surface area contributed by atoms with Crippen LogP contribution in [-0.2, 0) is 14.8 Å². The molecule has 0 unspecified atom stereocenters. The molecule has 8 heteroatoms. The maximum absolute atomic E-state index is 13.4. The summed E-state index contributed by atoms with van der Waals surface area (Å²) in [7, 11) is -3.76. The molecular weight excluding hydrogens is 345 g/mol. The van der Waals surface area contributed by atoms with Gasteiger partial charge >= 0.3 is 0 Å². The molecule has 0 aromatic heterocycles. The number of amides is 1. The lowest BCUT2D eigenvalue weighted by molar-refractivity contribution is -0.119. The quantitative estimate of drug-likeness (QED) is 0.631. The molecule has 0 saturated heterocycles. The molecule has 2 aromatic carbocycles. The largest absolute Gasteiger partial charge is 0.271 e. The van der Waals surface area contributed by atoms with Gasteiger partial charge in [-0.3, -0.25) is 9.10 Å². The Kier molecular flexibility index (Phi) is 5.87. The molecule has 2 aromatic rings. The number of anilines is 1. The maximum Gasteiger partial charge on any atom is 0.260 e. The number of hydrazone groups is 1. The number of hydrogen-bond donors (Lipinski definition) is 1. The summed E-state index contributed by atoms with van der Waals surface area (Å²) in [6.45, 7) is 1.21. The normalized spacial score (nSPS) is 11.9. The fraction of sp³-hybridized carbons (Fsp3) is 0.176. The standard InChI is InChI=1S/C17H18FN3O3S/c1-13(14-7-4-3-5-8-14)19-20-17(22)12-21(25(2,23)24)16-10-6-9-15(18)11-16/h3-11H,12H2,1-2H3,(H,20,22)/b19-13-. The Balaban J connectivity index is 2.13. The Morgan fingerprint density at radius 3 is 2.44 bits per heavy atom. The van der Waals surface area contributed by atoms with E-state index in [1.165, 1.54) is 18.2 Å². The molecule has 0 fully saturated rings. The van der Waals surface area contributed by atoms with Gasteiger partial charge in [-0.05, 0) is 30.7 Å². The van der Waals surface area contributed by atoms with Crippen LogP contribution in [0.25, 0.3) is 0 Å². The van der Waals surface area contributed by atoms with Gasteiger partial charge in [0, 0.05) is 0 Å². The highest BCUT2D eigenvalue weighted by Crippen LogP contribution is 2.18. The first-order valence-corrected chi connectivity index (χ1v) is 9.24. The summed E-state index contributed by atoms with van der Waals surface area (Å²) in [6, 6.07) is 14.2. The fourth-order valence-corrected chi connectivity index (χ4v) is 2.94. The minimum absolute atomic E-state index is 0.0708. The van der Waals surface area contributed by atoms with E-state index in [0.29, 0.717) is 5.71 Å². The summed E-state index contributed by atoms with van der Waals surface area (Å²) >= 11 is 0. The Morgan fingerprint density at radius 1 is 1.16 bits per heavy atom. The lowest BCUT2D eigenvalue weighted by atomic mass is 10.1. The summed E-state index contributed by atoms with van der Waals surface area (Å²) in [5.41, 5.74) is 3.79. The number of halogens is 1. The highest BCUT2D eigenvalue weighted by molar-refractivity contribution is 7.92. The SMILES string of the molecule is C/C(=N/NC(=O)CN(c1cccc(F)c1)S(C)(=O)=O)c1ccccc1. The molecule has 0 aliphatic heterocycles. The van der Waals surface area contributed by atoms with Crippen LogP contribution in [0.5, 0.6) is 0 Å². The van der Waals surface area contributed by atoms with Gasteiger partial charge in [0.05, 0.1) is 17.7 Å². The van der Waals surface area contributed by atoms with Crippen LogP contribution in [0.1, 0.15) is 12.5 Å². The molecule has 0 aliphatic rings. The highest BCUT2D eigenvalue weighted by Gasteiger charge is 2.21. The number of benzene rings is 2. The molecule has 0 aliphatic carbocycles. The van der Waals surface area contributed by atoms with Gasteiger partial charge in [-0.15, -0.1) is 0 Å². The molecule has 2 rings (SSSR count). The number of carbonyl (C=O) groups excluding carboxylic acids is 1. The Hall–Kier alpha value is -2.74. The van der Waals surface area contributed by atoms with Gasteiger partial charge in [-0.2, -0.15) is 5.10 Å². The zero-order valence-corrected chi connectivity index (χ0v) is 14.6. The van der Waals surface area contributed by atoms with Crippen molar-refractivity contribution >= 4 is 27.3 Å². The average molecular weight is 363 g/mol. The van der Waals surface area contributed by atoms with E-state index in [-0.39, 0.29) is 5.69 Å². The predicted molar refractivity (Wildman–Crippen MR) is 95.4 cm³/mol. The van der Waals surface area contributed by atoms with Gasteiger partial charge in [0.25, 0.3) is 5.91 Å². The summed E-state index contributed by atoms with van der Waals surface area (Å²) in [4.78, 5) is 12.1. The number of nitrogens with zero attached hydrogens (tertiary/aromatic N) is 2. The monoisotopic (exact) mass is 363 g/mol. The molecule has 132 valence electrons. The second kappa shape index (κ2) is 7.89. The zero-order valence-electron chi connectivity index (χ0n) is 13.8. The molecule has 0 atom stereocenters. The van der Waals surface area contributed by atoms with Crippen molar-refractivity contribution in [3.63, 3.8) is 0 Å². The van der Waals surface area contributed by atoms with Crippen LogP contribution in [-0.4, -0.2) is 32.8 Å². The lowest BCUT2D eigenvalue weighted by Crippen LogP contribution is -2.39. The van der Waals surface area contributed by atoms with Crippen LogP contribution in [0.2, 0.25) is 0 Å². The van der Waals surface area contributed by atoms with E-state index in [0.717, 1.165) is 22.2 Å². The van der Waals surface area contributed by atoms with E-state index in [9.17, 15) is 17.6 Å². The van der Waals surface area contributed by atoms with E-state index in [1.54, 1.807) is 6.92 Å². The number of carbonyl (C=O) groups is 1. The van der Waals surface area contributed by atoms with Crippen molar-refractivity contribution in [3.8, 4) is 0 Å². The summed E-state index contributed by atoms with van der Waals surface area (Å²) < 4.78 is 38.0. The molecule has 25 heavy (non-hydrogen) atoms. The van der Waals surface area contributed by atoms with Crippen LogP contribution in [0.15, 0.2) is 59.7 Å². The minimum Gasteiger partial charge on any atom is -0.271 e. The van der Waals surface area contributed by atoms with Gasteiger partial charge in [-0.1, -0.05) is 36.4 Å². The Morgan fingerprint density at radius 2 is 1.84 bits per heavy atom. The van der Waals surface area contributed by atoms with Gasteiger partial charge in [0.2, 0.25) is 10.0 Å². The first-order chi connectivity index (χ1) is 11.8. The Bertz CT molecular complexity index is 883. The van der Waals surface area contributed by atoms with Crippen LogP contribution >= 0.6 is 0 Å². The number of nitrogens with one attached hydrogen (secondary N) is 1. The average Bonchev–Trinajstić information content (AvgIpc) is 2.57. The first kappa shape index (κ1) is 18.6. The highest BCUT2D eigenvalue weighted by atomic mass is 32.2. The van der Waals surface area contributed by atoms with E-state index in [2.05, 4.69) is 10.5 Å². The second-order valence-corrected chi connectivity index (χ2v) is 7.25. The number of sulfonamides is 1. The molecule has 0 heterocycles. The first-order valence-electron chi connectivity index (χ1n) is 7.39. The molecule has 0 spiro atoms. The molecule has 0 bridgehead atoms. The third-order valence-corrected chi connectivity index (χ3v) is 4.46. The topological polar surface area (TPSA) is 78.8 Å². The maximum atomic E-state index is 13.4. The van der Waals surface area contributed by atoms with Gasteiger partial charge < -0.3 is 0 Å². The van der Waals surface area contributed by atoms with E-state index in [4.69, 9.17) is 0 Å². The van der Waals surface area contributed by atoms with Crippen molar-refractivity contribution in [3.05, 3.63) is 66.0 Å². The Labute approximate surface area is 146 Å². The molecule has 1 amide bonds. The van der Waals surface area contributed by atoms with Gasteiger partial charge in [0.1, 0.15) is 12.4 Å². The third-order valence-electron chi connectivity index (χ3n) is 3.32. The van der Waals surface area contributed by atoms with Gasteiger partial charge in [0.15, 0.2) is 0 Å². The third kappa shape index (κ3) is 5.39. The number of hydrogen-bond acceptors (Lipinski definition) is 4. The van der Waals surface area contributed by atoms with Crippen molar-refractivity contribution in [2.75, 3.05) is 17.1 Å². The van der Waals surface area contributed by atoms with Crippen molar-refractivity contribution in [2.24, 2.45) is 5.10 Å².